The van der Waals surface area contributed by atoms with Gasteiger partial charge in [0.25, 0.3) is 5.89 Å². The van der Waals surface area contributed by atoms with E-state index in [1.807, 2.05) is 12.1 Å². The first-order valence-electron chi connectivity index (χ1n) is 19.9. The average molecular weight is 779 g/mol. The van der Waals surface area contributed by atoms with Crippen LogP contribution in [0.25, 0.3) is 11.6 Å². The van der Waals surface area contributed by atoms with Gasteiger partial charge in [-0.2, -0.15) is 0 Å². The van der Waals surface area contributed by atoms with Gasteiger partial charge in [-0.25, -0.2) is 4.98 Å². The Morgan fingerprint density at radius 1 is 0.962 bits per heavy atom. The van der Waals surface area contributed by atoms with E-state index in [1.54, 1.807) is 31.2 Å². The molecule has 9 heteroatoms. The van der Waals surface area contributed by atoms with Crippen LogP contribution in [0, 0.1) is 56.2 Å². The van der Waals surface area contributed by atoms with E-state index in [0.717, 1.165) is 55.3 Å². The van der Waals surface area contributed by atoms with Crippen LogP contribution in [-0.4, -0.2) is 38.3 Å². The average Bonchev–Trinajstić information content (AvgIpc) is 3.68. The number of pyridine rings is 1. The minimum Gasteiger partial charge on any atom is -0.481 e. The molecular weight excluding hydrogens is 718 g/mol. The first-order valence-corrected chi connectivity index (χ1v) is 20.7. The molecule has 8 nitrogen and oxygen atoms in total. The van der Waals surface area contributed by atoms with Crippen LogP contribution in [0.2, 0.25) is 0 Å². The molecule has 0 aromatic carbocycles. The van der Waals surface area contributed by atoms with E-state index in [4.69, 9.17) is 9.15 Å². The first kappa shape index (κ1) is 37.8. The number of ether oxygens (including phenoxy) is 1. The van der Waals surface area contributed by atoms with E-state index < -0.39 is 11.4 Å². The van der Waals surface area contributed by atoms with Crippen molar-refractivity contribution in [2.45, 2.75) is 145 Å². The third-order valence-corrected chi connectivity index (χ3v) is 16.6. The predicted molar refractivity (Wildman–Crippen MR) is 204 cm³/mol. The Morgan fingerprint density at radius 2 is 1.71 bits per heavy atom. The topological polar surface area (TPSA) is 115 Å². The summed E-state index contributed by atoms with van der Waals surface area (Å²) in [5, 5.41) is 18.7. The number of carbonyl (C=O) groups excluding carboxylic acids is 1. The lowest BCUT2D eigenvalue weighted by Gasteiger charge is -2.72. The van der Waals surface area contributed by atoms with Crippen LogP contribution in [0.3, 0.4) is 0 Å². The van der Waals surface area contributed by atoms with Crippen LogP contribution in [-0.2, 0) is 20.7 Å². The van der Waals surface area contributed by atoms with Gasteiger partial charge in [-0.1, -0.05) is 59.6 Å². The molecule has 284 valence electrons. The second kappa shape index (κ2) is 12.8. The number of carboxylic acids is 1. The summed E-state index contributed by atoms with van der Waals surface area (Å²) in [5.74, 6) is 1.94. The Bertz CT molecular complexity index is 1760. The zero-order valence-corrected chi connectivity index (χ0v) is 34.5. The number of halogens is 1. The van der Waals surface area contributed by atoms with Gasteiger partial charge in [0.05, 0.1) is 11.8 Å². The zero-order chi connectivity index (χ0) is 37.6. The smallest absolute Gasteiger partial charge is 0.309 e. The number of rotatable bonds is 8. The van der Waals surface area contributed by atoms with E-state index in [-0.39, 0.29) is 45.6 Å². The van der Waals surface area contributed by atoms with E-state index in [9.17, 15) is 14.7 Å². The van der Waals surface area contributed by atoms with E-state index >= 15 is 0 Å². The number of nitrogens with zero attached hydrogens (tertiary/aromatic N) is 3. The first-order chi connectivity index (χ1) is 24.3. The van der Waals surface area contributed by atoms with Gasteiger partial charge in [-0.15, -0.1) is 10.2 Å². The number of allylic oxidation sites excluding steroid dienone is 2. The van der Waals surface area contributed by atoms with Crippen molar-refractivity contribution < 1.29 is 23.8 Å². The van der Waals surface area contributed by atoms with Gasteiger partial charge in [0.2, 0.25) is 5.89 Å². The summed E-state index contributed by atoms with van der Waals surface area (Å²) in [7, 11) is 0. The number of carboxylic acid groups (broad SMARTS) is 1. The normalized spacial score (nSPS) is 36.8. The van der Waals surface area contributed by atoms with Crippen molar-refractivity contribution in [3.63, 3.8) is 0 Å². The molecule has 0 amide bonds. The monoisotopic (exact) mass is 777 g/mol. The van der Waals surface area contributed by atoms with Gasteiger partial charge in [0.15, 0.2) is 0 Å². The van der Waals surface area contributed by atoms with Crippen LogP contribution in [0.1, 0.15) is 139 Å². The van der Waals surface area contributed by atoms with Gasteiger partial charge in [0, 0.05) is 27.9 Å². The van der Waals surface area contributed by atoms with E-state index in [0.29, 0.717) is 35.3 Å². The SMILES string of the molecule is CC(C)C1=C2[C@H]3CC[C@@H]4[C@@]5(C)CC[C@H](OC(=O)CC(C)(C)C(=O)O)C(C)(C)[C@@H]5CC[C@@]4(C)[C@]3(C)CC[C@@]2(Cc2nnc(-c3ccc(Br)cn3)o2)CC1. The molecule has 4 fully saturated rings. The maximum absolute atomic E-state index is 13.1. The molecule has 2 heterocycles. The fraction of sp³-hybridized carbons (Fsp3) is 0.744. The highest BCUT2D eigenvalue weighted by Crippen LogP contribution is 2.77. The molecule has 2 aromatic rings. The number of hydrogen-bond acceptors (Lipinski definition) is 7. The largest absolute Gasteiger partial charge is 0.481 e. The van der Waals surface area contributed by atoms with E-state index in [2.05, 4.69) is 79.6 Å². The molecule has 4 saturated carbocycles. The summed E-state index contributed by atoms with van der Waals surface area (Å²) in [5.41, 5.74) is 3.38. The Hall–Kier alpha value is -2.55. The quantitative estimate of drug-likeness (QED) is 0.208. The molecule has 0 radical (unpaired) electrons. The van der Waals surface area contributed by atoms with Crippen LogP contribution < -0.4 is 0 Å². The molecule has 7 rings (SSSR count). The Labute approximate surface area is 318 Å². The lowest BCUT2D eigenvalue weighted by atomic mass is 9.33. The highest BCUT2D eigenvalue weighted by molar-refractivity contribution is 9.10. The minimum atomic E-state index is -1.14. The van der Waals surface area contributed by atoms with Crippen molar-refractivity contribution in [1.82, 2.24) is 15.2 Å². The van der Waals surface area contributed by atoms with Crippen LogP contribution in [0.4, 0.5) is 0 Å². The van der Waals surface area contributed by atoms with Crippen molar-refractivity contribution >= 4 is 27.9 Å². The van der Waals surface area contributed by atoms with E-state index in [1.165, 1.54) is 25.7 Å². The van der Waals surface area contributed by atoms with Crippen LogP contribution in [0.5, 0.6) is 0 Å². The highest BCUT2D eigenvalue weighted by Gasteiger charge is 2.69. The van der Waals surface area contributed by atoms with Crippen molar-refractivity contribution in [2.75, 3.05) is 0 Å². The van der Waals surface area contributed by atoms with Crippen LogP contribution in [0.15, 0.2) is 38.4 Å². The number of carbonyl (C=O) groups is 2. The van der Waals surface area contributed by atoms with Crippen molar-refractivity contribution in [3.8, 4) is 11.6 Å². The molecule has 0 unspecified atom stereocenters. The molecule has 52 heavy (non-hydrogen) atoms. The molecule has 5 aliphatic rings. The summed E-state index contributed by atoms with van der Waals surface area (Å²) in [6, 6.07) is 3.87. The Balaban J connectivity index is 1.15. The number of aliphatic carboxylic acids is 1. The van der Waals surface area contributed by atoms with Gasteiger partial charge >= 0.3 is 11.9 Å². The van der Waals surface area contributed by atoms with Crippen molar-refractivity contribution in [1.29, 1.82) is 0 Å². The third kappa shape index (κ3) is 5.75. The maximum atomic E-state index is 13.1. The van der Waals surface area contributed by atoms with Crippen molar-refractivity contribution in [2.24, 2.45) is 56.2 Å². The molecular formula is C43H60BrN3O5. The second-order valence-corrected chi connectivity index (χ2v) is 20.6. The summed E-state index contributed by atoms with van der Waals surface area (Å²) in [4.78, 5) is 29.4. The highest BCUT2D eigenvalue weighted by atomic mass is 79.9. The van der Waals surface area contributed by atoms with Gasteiger partial charge in [0.1, 0.15) is 11.8 Å². The standard InChI is InChI=1S/C43H60BrN3O5/c1-25(2)27-14-19-43(22-33-46-47-36(52-33)29-12-10-26(44)24-45-29)21-20-41(8)28(35(27)43)11-13-31-40(7)17-16-32(51-34(48)23-38(3,4)37(49)50)39(5,6)30(40)15-18-42(31,41)9/h10,12,24-25,28,30-32H,11,13-23H2,1-9H3,(H,49,50)/t28-,30+,31-,32+,40+,41-,42-,43-/m1/s1. The Kier molecular flexibility index (Phi) is 9.27. The Morgan fingerprint density at radius 3 is 2.38 bits per heavy atom. The molecule has 0 bridgehead atoms. The maximum Gasteiger partial charge on any atom is 0.309 e. The minimum absolute atomic E-state index is 0.0597. The summed E-state index contributed by atoms with van der Waals surface area (Å²) >= 11 is 3.47. The summed E-state index contributed by atoms with van der Waals surface area (Å²) in [6.45, 7) is 20.5. The zero-order valence-electron chi connectivity index (χ0n) is 32.9. The molecule has 0 aliphatic heterocycles. The molecule has 0 saturated heterocycles. The summed E-state index contributed by atoms with van der Waals surface area (Å²) < 4.78 is 13.5. The van der Waals surface area contributed by atoms with Crippen molar-refractivity contribution in [3.05, 3.63) is 39.8 Å². The van der Waals surface area contributed by atoms with Gasteiger partial charge in [-0.05, 0) is 146 Å². The molecule has 1 N–H and O–H groups in total. The second-order valence-electron chi connectivity index (χ2n) is 19.7. The lowest BCUT2D eigenvalue weighted by molar-refractivity contribution is -0.233. The molecule has 0 spiro atoms. The fourth-order valence-corrected chi connectivity index (χ4v) is 13.3. The number of esters is 1. The van der Waals surface area contributed by atoms with Crippen LogP contribution >= 0.6 is 15.9 Å². The molecule has 8 atom stereocenters. The molecule has 5 aliphatic carbocycles. The fourth-order valence-electron chi connectivity index (χ4n) is 13.1. The summed E-state index contributed by atoms with van der Waals surface area (Å²) in [6.07, 6.45) is 13.6. The number of fused-ring (bicyclic) bond motifs is 7. The number of aromatic nitrogens is 3. The lowest BCUT2D eigenvalue weighted by Crippen LogP contribution is -2.65. The third-order valence-electron chi connectivity index (χ3n) is 16.1. The number of hydrogen-bond donors (Lipinski definition) is 1. The van der Waals surface area contributed by atoms with Gasteiger partial charge in [-0.3, -0.25) is 9.59 Å². The molecule has 2 aromatic heterocycles. The van der Waals surface area contributed by atoms with Gasteiger partial charge < -0.3 is 14.3 Å². The predicted octanol–water partition coefficient (Wildman–Crippen LogP) is 10.7.